The van der Waals surface area contributed by atoms with Crippen LogP contribution in [0.4, 0.5) is 0 Å². The van der Waals surface area contributed by atoms with E-state index in [0.717, 1.165) is 22.2 Å². The van der Waals surface area contributed by atoms with Gasteiger partial charge in [-0.2, -0.15) is 10.2 Å². The van der Waals surface area contributed by atoms with E-state index in [4.69, 9.17) is 14.9 Å². The third kappa shape index (κ3) is 3.51. The van der Waals surface area contributed by atoms with Gasteiger partial charge in [-0.3, -0.25) is 24.6 Å². The number of benzene rings is 1. The maximum atomic E-state index is 12.4. The number of hydrogen-bond acceptors (Lipinski definition) is 7. The Morgan fingerprint density at radius 2 is 2.13 bits per heavy atom. The monoisotopic (exact) mass is 427 g/mol. The molecule has 2 aromatic rings. The number of amides is 2. The second-order valence-corrected chi connectivity index (χ2v) is 8.51. The topological polar surface area (TPSA) is 109 Å². The van der Waals surface area contributed by atoms with E-state index in [-0.39, 0.29) is 30.1 Å². The van der Waals surface area contributed by atoms with Crippen LogP contribution in [0.3, 0.4) is 0 Å². The molecule has 1 fully saturated rings. The van der Waals surface area contributed by atoms with Crippen LogP contribution in [-0.4, -0.2) is 63.4 Å². The average Bonchev–Trinajstić information content (AvgIpc) is 3.18. The van der Waals surface area contributed by atoms with E-state index in [1.807, 2.05) is 25.0 Å². The maximum absolute atomic E-state index is 12.4. The van der Waals surface area contributed by atoms with E-state index < -0.39 is 5.92 Å². The number of aryl methyl sites for hydroxylation is 1. The quantitative estimate of drug-likeness (QED) is 0.410. The van der Waals surface area contributed by atoms with E-state index in [1.165, 1.54) is 0 Å². The number of nitrogens with zero attached hydrogens (tertiary/aromatic N) is 4. The molecule has 2 aliphatic rings. The summed E-state index contributed by atoms with van der Waals surface area (Å²) >= 11 is 0. The van der Waals surface area contributed by atoms with Gasteiger partial charge in [0.25, 0.3) is 0 Å². The number of aliphatic hydroxyl groups excluding tert-OH is 1. The minimum atomic E-state index is -0.418. The Labute approximate surface area is 181 Å². The molecule has 9 nitrogen and oxygen atoms in total. The Balaban J connectivity index is 1.67. The van der Waals surface area contributed by atoms with E-state index in [2.05, 4.69) is 36.4 Å². The number of aromatic nitrogens is 2. The Bertz CT molecular complexity index is 1060. The molecule has 1 saturated heterocycles. The highest BCUT2D eigenvalue weighted by molar-refractivity contribution is 6.03. The van der Waals surface area contributed by atoms with Gasteiger partial charge in [0.1, 0.15) is 6.79 Å². The molecule has 0 radical (unpaired) electrons. The fraction of sp³-hybridized carbons (Fsp3) is 0.545. The lowest BCUT2D eigenvalue weighted by atomic mass is 9.73. The van der Waals surface area contributed by atoms with Gasteiger partial charge in [-0.15, -0.1) is 0 Å². The molecule has 3 heterocycles. The predicted molar refractivity (Wildman–Crippen MR) is 116 cm³/mol. The van der Waals surface area contributed by atoms with E-state index in [1.54, 1.807) is 4.68 Å². The van der Waals surface area contributed by atoms with Gasteiger partial charge in [0, 0.05) is 24.6 Å². The molecular weight excluding hydrogens is 398 g/mol. The zero-order chi connectivity index (χ0) is 22.3. The third-order valence-electron chi connectivity index (χ3n) is 6.92. The molecule has 166 valence electrons. The third-order valence-corrected chi connectivity index (χ3v) is 6.92. The second kappa shape index (κ2) is 8.05. The summed E-state index contributed by atoms with van der Waals surface area (Å²) in [4.78, 5) is 23.9. The number of nitrogens with one attached hydrogen (secondary N) is 1. The van der Waals surface area contributed by atoms with Crippen molar-refractivity contribution in [3.05, 3.63) is 29.5 Å². The lowest BCUT2D eigenvalue weighted by Crippen LogP contribution is -2.43. The number of aliphatic hydroxyl groups is 1. The second-order valence-electron chi connectivity index (χ2n) is 8.51. The number of piperidine rings is 1. The molecule has 0 aliphatic carbocycles. The number of ether oxygens (including phenoxy) is 1. The zero-order valence-corrected chi connectivity index (χ0v) is 18.4. The Kier molecular flexibility index (Phi) is 5.57. The summed E-state index contributed by atoms with van der Waals surface area (Å²) in [5, 5.41) is 23.6. The Hall–Kier alpha value is -2.78. The molecular formula is C22H29N5O4. The van der Waals surface area contributed by atoms with Crippen LogP contribution in [0.5, 0.6) is 0 Å². The molecule has 2 N–H and O–H groups in total. The molecule has 0 bridgehead atoms. The summed E-state index contributed by atoms with van der Waals surface area (Å²) in [6.45, 7) is 7.07. The first kappa shape index (κ1) is 21.5. The number of imide groups is 1. The molecule has 0 saturated carbocycles. The average molecular weight is 428 g/mol. The highest BCUT2D eigenvalue weighted by Crippen LogP contribution is 2.39. The van der Waals surface area contributed by atoms with Gasteiger partial charge in [-0.05, 0) is 38.8 Å². The summed E-state index contributed by atoms with van der Waals surface area (Å²) < 4.78 is 6.89. The van der Waals surface area contributed by atoms with Crippen molar-refractivity contribution < 1.29 is 19.4 Å². The van der Waals surface area contributed by atoms with Crippen LogP contribution in [0.15, 0.2) is 23.3 Å². The van der Waals surface area contributed by atoms with Crippen molar-refractivity contribution >= 4 is 28.4 Å². The minimum absolute atomic E-state index is 0.107. The first-order valence-corrected chi connectivity index (χ1v) is 10.6. The number of carbonyl (C=O) groups excluding carboxylic acids is 2. The molecule has 31 heavy (non-hydrogen) atoms. The molecule has 2 amide bonds. The van der Waals surface area contributed by atoms with Crippen LogP contribution in [-0.2, 0) is 26.8 Å². The summed E-state index contributed by atoms with van der Waals surface area (Å²) in [7, 11) is 1.88. The number of rotatable bonds is 6. The van der Waals surface area contributed by atoms with Gasteiger partial charge in [-0.1, -0.05) is 12.1 Å². The lowest BCUT2D eigenvalue weighted by molar-refractivity contribution is -0.134. The van der Waals surface area contributed by atoms with Crippen LogP contribution in [0.2, 0.25) is 0 Å². The molecule has 1 aromatic carbocycles. The molecule has 9 heteroatoms. The minimum Gasteiger partial charge on any atom is -0.371 e. The van der Waals surface area contributed by atoms with Gasteiger partial charge in [-0.25, -0.2) is 0 Å². The predicted octanol–water partition coefficient (Wildman–Crippen LogP) is 1.40. The van der Waals surface area contributed by atoms with Gasteiger partial charge in [0.15, 0.2) is 0 Å². The highest BCUT2D eigenvalue weighted by atomic mass is 16.6. The van der Waals surface area contributed by atoms with Crippen molar-refractivity contribution in [2.45, 2.75) is 51.0 Å². The van der Waals surface area contributed by atoms with Gasteiger partial charge < -0.3 is 9.84 Å². The van der Waals surface area contributed by atoms with Gasteiger partial charge in [0.05, 0.1) is 41.7 Å². The number of carbonyl (C=O) groups is 2. The van der Waals surface area contributed by atoms with Crippen LogP contribution in [0.1, 0.15) is 50.8 Å². The SMILES string of the molecule is CC1=NN(CCOCO)C(C)C1(C)c1ccc2c(C3CCC(=O)NC3=O)nn(C)c2c1. The Morgan fingerprint density at radius 3 is 2.84 bits per heavy atom. The van der Waals surface area contributed by atoms with E-state index in [9.17, 15) is 9.59 Å². The van der Waals surface area contributed by atoms with Crippen LogP contribution < -0.4 is 5.32 Å². The molecule has 3 atom stereocenters. The fourth-order valence-corrected chi connectivity index (χ4v) is 4.72. The molecule has 2 aliphatic heterocycles. The van der Waals surface area contributed by atoms with Crippen molar-refractivity contribution in [2.24, 2.45) is 12.1 Å². The normalized spacial score (nSPS) is 26.5. The van der Waals surface area contributed by atoms with Crippen molar-refractivity contribution in [1.29, 1.82) is 0 Å². The zero-order valence-electron chi connectivity index (χ0n) is 18.4. The molecule has 1 aromatic heterocycles. The smallest absolute Gasteiger partial charge is 0.235 e. The number of hydrazone groups is 1. The highest BCUT2D eigenvalue weighted by Gasteiger charge is 2.44. The molecule has 0 spiro atoms. The first-order valence-electron chi connectivity index (χ1n) is 10.6. The molecule has 4 rings (SSSR count). The number of hydrogen-bond donors (Lipinski definition) is 2. The van der Waals surface area contributed by atoms with Crippen molar-refractivity contribution in [1.82, 2.24) is 20.1 Å². The largest absolute Gasteiger partial charge is 0.371 e. The van der Waals surface area contributed by atoms with Crippen LogP contribution in [0, 0.1) is 0 Å². The summed E-state index contributed by atoms with van der Waals surface area (Å²) in [6.07, 6.45) is 0.803. The van der Waals surface area contributed by atoms with E-state index in [0.29, 0.717) is 31.7 Å². The fourth-order valence-electron chi connectivity index (χ4n) is 4.72. The van der Waals surface area contributed by atoms with Gasteiger partial charge >= 0.3 is 0 Å². The van der Waals surface area contributed by atoms with Crippen molar-refractivity contribution in [3.63, 3.8) is 0 Å². The first-order chi connectivity index (χ1) is 14.8. The van der Waals surface area contributed by atoms with Crippen LogP contribution >= 0.6 is 0 Å². The van der Waals surface area contributed by atoms with E-state index >= 15 is 0 Å². The lowest BCUT2D eigenvalue weighted by Gasteiger charge is -2.33. The maximum Gasteiger partial charge on any atom is 0.235 e. The standard InChI is InChI=1S/C22H29N5O4/c1-13-22(3,14(2)27(24-13)9-10-31-12-28)15-5-6-16-18(11-15)26(4)25-20(16)17-7-8-19(29)23-21(17)30/h5-6,11,14,17,28H,7-10,12H2,1-4H3,(H,23,29,30). The summed E-state index contributed by atoms with van der Waals surface area (Å²) in [6, 6.07) is 6.35. The number of fused-ring (bicyclic) bond motifs is 1. The summed E-state index contributed by atoms with van der Waals surface area (Å²) in [5.74, 6) is -0.922. The molecule has 3 unspecified atom stereocenters. The van der Waals surface area contributed by atoms with Gasteiger partial charge in [0.2, 0.25) is 11.8 Å². The van der Waals surface area contributed by atoms with Crippen molar-refractivity contribution in [2.75, 3.05) is 19.9 Å². The summed E-state index contributed by atoms with van der Waals surface area (Å²) in [5.41, 5.74) is 3.49. The Morgan fingerprint density at radius 1 is 1.35 bits per heavy atom. The van der Waals surface area contributed by atoms with Crippen LogP contribution in [0.25, 0.3) is 10.9 Å². The van der Waals surface area contributed by atoms with Crippen molar-refractivity contribution in [3.8, 4) is 0 Å².